The van der Waals surface area contributed by atoms with Crippen LogP contribution >= 0.6 is 0 Å². The molecular weight excluding hydrogens is 302 g/mol. The van der Waals surface area contributed by atoms with Crippen LogP contribution in [0, 0.1) is 11.6 Å². The van der Waals surface area contributed by atoms with E-state index in [1.165, 1.54) is 24.3 Å². The summed E-state index contributed by atoms with van der Waals surface area (Å²) in [5, 5.41) is 7.54. The van der Waals surface area contributed by atoms with Crippen LogP contribution < -0.4 is 10.5 Å². The fraction of sp³-hybridized carbons (Fsp3) is 0.231. The Bertz CT molecular complexity index is 744. The van der Waals surface area contributed by atoms with Gasteiger partial charge in [0.05, 0.1) is 6.54 Å². The number of sulfonamides is 1. The standard InChI is InChI=1S/C13H14F2N2O3S/c1-8(11-4-2-9(14)6-12(11)15)17-7-10-3-5-13(20-10)21(16,18)19/h2-6,8,17H,7H2,1H3,(H2,16,18,19). The molecule has 1 aromatic carbocycles. The first-order chi connectivity index (χ1) is 9.77. The summed E-state index contributed by atoms with van der Waals surface area (Å²) >= 11 is 0. The average Bonchev–Trinajstić information content (AvgIpc) is 2.84. The second kappa shape index (κ2) is 5.92. The van der Waals surface area contributed by atoms with Crippen molar-refractivity contribution in [3.63, 3.8) is 0 Å². The number of rotatable bonds is 5. The highest BCUT2D eigenvalue weighted by atomic mass is 32.2. The third kappa shape index (κ3) is 3.87. The van der Waals surface area contributed by atoms with Gasteiger partial charge in [0.2, 0.25) is 5.09 Å². The van der Waals surface area contributed by atoms with Gasteiger partial charge in [-0.1, -0.05) is 6.07 Å². The third-order valence-electron chi connectivity index (χ3n) is 2.93. The molecule has 1 heterocycles. The Labute approximate surface area is 120 Å². The van der Waals surface area contributed by atoms with E-state index < -0.39 is 27.7 Å². The molecule has 1 atom stereocenters. The lowest BCUT2D eigenvalue weighted by Crippen LogP contribution is -2.19. The SMILES string of the molecule is CC(NCc1ccc(S(N)(=O)=O)o1)c1ccc(F)cc1F. The number of hydrogen-bond donors (Lipinski definition) is 2. The molecule has 0 spiro atoms. The first kappa shape index (κ1) is 15.6. The Hall–Kier alpha value is -1.77. The van der Waals surface area contributed by atoms with Crippen LogP contribution in [0.15, 0.2) is 39.8 Å². The van der Waals surface area contributed by atoms with Crippen molar-refractivity contribution in [1.82, 2.24) is 5.32 Å². The molecule has 0 aliphatic rings. The van der Waals surface area contributed by atoms with Crippen molar-refractivity contribution in [1.29, 1.82) is 0 Å². The molecule has 0 amide bonds. The van der Waals surface area contributed by atoms with E-state index in [0.29, 0.717) is 11.3 Å². The second-order valence-electron chi connectivity index (χ2n) is 4.53. The van der Waals surface area contributed by atoms with Crippen LogP contribution in [0.1, 0.15) is 24.3 Å². The molecular formula is C13H14F2N2O3S. The molecule has 8 heteroatoms. The van der Waals surface area contributed by atoms with Crippen molar-refractivity contribution in [2.75, 3.05) is 0 Å². The summed E-state index contributed by atoms with van der Waals surface area (Å²) < 4.78 is 53.6. The van der Waals surface area contributed by atoms with Crippen LogP contribution in [-0.4, -0.2) is 8.42 Å². The molecule has 0 aliphatic carbocycles. The largest absolute Gasteiger partial charge is 0.447 e. The van der Waals surface area contributed by atoms with Gasteiger partial charge in [-0.25, -0.2) is 22.3 Å². The summed E-state index contributed by atoms with van der Waals surface area (Å²) in [6, 6.07) is 5.62. The highest BCUT2D eigenvalue weighted by Crippen LogP contribution is 2.19. The van der Waals surface area contributed by atoms with Gasteiger partial charge in [-0.2, -0.15) is 0 Å². The molecule has 2 rings (SSSR count). The Balaban J connectivity index is 2.04. The summed E-state index contributed by atoms with van der Waals surface area (Å²) in [5.41, 5.74) is 0.301. The van der Waals surface area contributed by atoms with Gasteiger partial charge < -0.3 is 9.73 Å². The van der Waals surface area contributed by atoms with Crippen LogP contribution in [0.2, 0.25) is 0 Å². The molecule has 114 valence electrons. The minimum Gasteiger partial charge on any atom is -0.447 e. The molecule has 0 fully saturated rings. The number of primary sulfonamides is 1. The van der Waals surface area contributed by atoms with E-state index in [0.717, 1.165) is 6.07 Å². The molecule has 0 aliphatic heterocycles. The zero-order chi connectivity index (χ0) is 15.6. The van der Waals surface area contributed by atoms with Crippen molar-refractivity contribution in [2.24, 2.45) is 5.14 Å². The Morgan fingerprint density at radius 3 is 2.57 bits per heavy atom. The maximum absolute atomic E-state index is 13.6. The van der Waals surface area contributed by atoms with Crippen LogP contribution in [0.5, 0.6) is 0 Å². The van der Waals surface area contributed by atoms with E-state index in [1.807, 2.05) is 0 Å². The molecule has 3 N–H and O–H groups in total. The van der Waals surface area contributed by atoms with E-state index >= 15 is 0 Å². The zero-order valence-electron chi connectivity index (χ0n) is 11.1. The fourth-order valence-electron chi connectivity index (χ4n) is 1.82. The van der Waals surface area contributed by atoms with E-state index in [1.54, 1.807) is 6.92 Å². The summed E-state index contributed by atoms with van der Waals surface area (Å²) in [6.07, 6.45) is 0. The summed E-state index contributed by atoms with van der Waals surface area (Å²) in [6.45, 7) is 1.87. The average molecular weight is 316 g/mol. The van der Waals surface area contributed by atoms with Crippen LogP contribution in [0.3, 0.4) is 0 Å². The highest BCUT2D eigenvalue weighted by Gasteiger charge is 2.15. The second-order valence-corrected chi connectivity index (χ2v) is 6.03. The normalized spacial score (nSPS) is 13.3. The number of nitrogens with one attached hydrogen (secondary N) is 1. The van der Waals surface area contributed by atoms with Gasteiger partial charge in [-0.05, 0) is 25.1 Å². The van der Waals surface area contributed by atoms with Gasteiger partial charge in [-0.3, -0.25) is 0 Å². The molecule has 5 nitrogen and oxygen atoms in total. The van der Waals surface area contributed by atoms with E-state index in [2.05, 4.69) is 5.32 Å². The van der Waals surface area contributed by atoms with E-state index in [-0.39, 0.29) is 11.6 Å². The fourth-order valence-corrected chi connectivity index (χ4v) is 2.30. The number of halogens is 2. The Kier molecular flexibility index (Phi) is 4.40. The first-order valence-corrected chi connectivity index (χ1v) is 7.62. The highest BCUT2D eigenvalue weighted by molar-refractivity contribution is 7.89. The summed E-state index contributed by atoms with van der Waals surface area (Å²) in [7, 11) is -3.88. The van der Waals surface area contributed by atoms with Crippen molar-refractivity contribution >= 4 is 10.0 Å². The van der Waals surface area contributed by atoms with Crippen LogP contribution in [0.4, 0.5) is 8.78 Å². The molecule has 1 aromatic heterocycles. The van der Waals surface area contributed by atoms with Gasteiger partial charge in [0.1, 0.15) is 17.4 Å². The van der Waals surface area contributed by atoms with E-state index in [4.69, 9.17) is 9.56 Å². The van der Waals surface area contributed by atoms with Gasteiger partial charge in [-0.15, -0.1) is 0 Å². The number of nitrogens with two attached hydrogens (primary N) is 1. The minimum absolute atomic E-state index is 0.174. The first-order valence-electron chi connectivity index (χ1n) is 6.07. The van der Waals surface area contributed by atoms with Crippen molar-refractivity contribution in [3.8, 4) is 0 Å². The van der Waals surface area contributed by atoms with Crippen molar-refractivity contribution in [2.45, 2.75) is 24.6 Å². The van der Waals surface area contributed by atoms with E-state index in [9.17, 15) is 17.2 Å². The predicted octanol–water partition coefficient (Wildman–Crippen LogP) is 2.06. The van der Waals surface area contributed by atoms with Gasteiger partial charge in [0, 0.05) is 17.7 Å². The number of benzene rings is 1. The molecule has 21 heavy (non-hydrogen) atoms. The Morgan fingerprint density at radius 2 is 2.00 bits per heavy atom. The van der Waals surface area contributed by atoms with Crippen LogP contribution in [-0.2, 0) is 16.6 Å². The van der Waals surface area contributed by atoms with Crippen LogP contribution in [0.25, 0.3) is 0 Å². The minimum atomic E-state index is -3.88. The number of hydrogen-bond acceptors (Lipinski definition) is 4. The lowest BCUT2D eigenvalue weighted by Gasteiger charge is -2.14. The van der Waals surface area contributed by atoms with Crippen molar-refractivity contribution < 1.29 is 21.6 Å². The topological polar surface area (TPSA) is 85.3 Å². The molecule has 1 unspecified atom stereocenters. The summed E-state index contributed by atoms with van der Waals surface area (Å²) in [5.74, 6) is -0.958. The zero-order valence-corrected chi connectivity index (χ0v) is 12.0. The predicted molar refractivity (Wildman–Crippen MR) is 71.7 cm³/mol. The van der Waals surface area contributed by atoms with Gasteiger partial charge >= 0.3 is 0 Å². The quantitative estimate of drug-likeness (QED) is 0.884. The lowest BCUT2D eigenvalue weighted by molar-refractivity contribution is 0.391. The monoisotopic (exact) mass is 316 g/mol. The maximum Gasteiger partial charge on any atom is 0.271 e. The molecule has 0 bridgehead atoms. The van der Waals surface area contributed by atoms with Crippen molar-refractivity contribution in [3.05, 3.63) is 53.3 Å². The molecule has 2 aromatic rings. The molecule has 0 saturated carbocycles. The molecule has 0 saturated heterocycles. The third-order valence-corrected chi connectivity index (χ3v) is 3.71. The lowest BCUT2D eigenvalue weighted by atomic mass is 10.1. The maximum atomic E-state index is 13.6. The smallest absolute Gasteiger partial charge is 0.271 e. The van der Waals surface area contributed by atoms with Gasteiger partial charge in [0.15, 0.2) is 0 Å². The Morgan fingerprint density at radius 1 is 1.29 bits per heavy atom. The number of furan rings is 1. The van der Waals surface area contributed by atoms with Gasteiger partial charge in [0.25, 0.3) is 10.0 Å². The molecule has 0 radical (unpaired) electrons. The summed E-state index contributed by atoms with van der Waals surface area (Å²) in [4.78, 5) is 0.